The Bertz CT molecular complexity index is 675. The van der Waals surface area contributed by atoms with Crippen LogP contribution < -0.4 is 10.6 Å². The number of carbonyl (C=O) groups excluding carboxylic acids is 1. The highest BCUT2D eigenvalue weighted by atomic mass is 19.1. The maximum atomic E-state index is 13.4. The van der Waals surface area contributed by atoms with E-state index in [9.17, 15) is 18.7 Å². The van der Waals surface area contributed by atoms with Crippen molar-refractivity contribution in [3.8, 4) is 5.75 Å². The second-order valence-electron chi connectivity index (χ2n) is 5.33. The molecule has 4 nitrogen and oxygen atoms in total. The Kier molecular flexibility index (Phi) is 5.51. The summed E-state index contributed by atoms with van der Waals surface area (Å²) in [5.41, 5.74) is 0.969. The largest absolute Gasteiger partial charge is 0.508 e. The number of urea groups is 1. The van der Waals surface area contributed by atoms with E-state index in [0.717, 1.165) is 18.1 Å². The van der Waals surface area contributed by atoms with Gasteiger partial charge in [0.2, 0.25) is 0 Å². The minimum absolute atomic E-state index is 0.0744. The molecule has 0 spiro atoms. The van der Waals surface area contributed by atoms with E-state index in [-0.39, 0.29) is 17.5 Å². The Morgan fingerprint density at radius 2 is 1.87 bits per heavy atom. The fourth-order valence-electron chi connectivity index (χ4n) is 2.09. The predicted octanol–water partition coefficient (Wildman–Crippen LogP) is 3.81. The van der Waals surface area contributed by atoms with Crippen molar-refractivity contribution in [2.45, 2.75) is 25.8 Å². The zero-order chi connectivity index (χ0) is 16.8. The Balaban J connectivity index is 1.81. The van der Waals surface area contributed by atoms with Crippen LogP contribution in [0.15, 0.2) is 42.5 Å². The molecule has 0 aliphatic carbocycles. The number of rotatable bonds is 5. The molecule has 0 saturated heterocycles. The first kappa shape index (κ1) is 16.7. The molecule has 0 bridgehead atoms. The quantitative estimate of drug-likeness (QED) is 0.784. The molecule has 1 unspecified atom stereocenters. The van der Waals surface area contributed by atoms with E-state index in [1.807, 2.05) is 19.1 Å². The van der Waals surface area contributed by atoms with Gasteiger partial charge in [-0.2, -0.15) is 0 Å². The topological polar surface area (TPSA) is 61.4 Å². The maximum Gasteiger partial charge on any atom is 0.319 e. The Hall–Kier alpha value is -2.63. The molecular formula is C17H18F2N2O2. The monoisotopic (exact) mass is 320 g/mol. The highest BCUT2D eigenvalue weighted by molar-refractivity contribution is 5.89. The van der Waals surface area contributed by atoms with Gasteiger partial charge in [0.1, 0.15) is 17.4 Å². The lowest BCUT2D eigenvalue weighted by atomic mass is 10.1. The molecule has 0 aromatic heterocycles. The number of hydrogen-bond donors (Lipinski definition) is 3. The predicted molar refractivity (Wildman–Crippen MR) is 84.4 cm³/mol. The third-order valence-electron chi connectivity index (χ3n) is 3.36. The summed E-state index contributed by atoms with van der Waals surface area (Å²) in [5, 5.41) is 14.3. The number of anilines is 1. The van der Waals surface area contributed by atoms with Gasteiger partial charge in [-0.3, -0.25) is 0 Å². The summed E-state index contributed by atoms with van der Waals surface area (Å²) in [6.07, 6.45) is 1.41. The molecule has 0 aliphatic rings. The molecular weight excluding hydrogens is 302 g/mol. The first-order valence-electron chi connectivity index (χ1n) is 7.24. The Labute approximate surface area is 133 Å². The van der Waals surface area contributed by atoms with Gasteiger partial charge in [0, 0.05) is 12.1 Å². The minimum atomic E-state index is -0.822. The van der Waals surface area contributed by atoms with Crippen LogP contribution in [0.1, 0.15) is 18.9 Å². The first-order valence-corrected chi connectivity index (χ1v) is 7.24. The zero-order valence-corrected chi connectivity index (χ0v) is 12.6. The van der Waals surface area contributed by atoms with E-state index in [0.29, 0.717) is 12.5 Å². The molecule has 0 fully saturated rings. The fraction of sp³-hybridized carbons (Fsp3) is 0.235. The van der Waals surface area contributed by atoms with Crippen LogP contribution >= 0.6 is 0 Å². The first-order chi connectivity index (χ1) is 10.9. The summed E-state index contributed by atoms with van der Waals surface area (Å²) in [4.78, 5) is 11.8. The lowest BCUT2D eigenvalue weighted by molar-refractivity contribution is 0.248. The number of benzene rings is 2. The van der Waals surface area contributed by atoms with Crippen molar-refractivity contribution < 1.29 is 18.7 Å². The lowest BCUT2D eigenvalue weighted by Gasteiger charge is -2.15. The summed E-state index contributed by atoms with van der Waals surface area (Å²) in [7, 11) is 0. The molecule has 122 valence electrons. The molecule has 2 rings (SSSR count). The van der Waals surface area contributed by atoms with Crippen molar-refractivity contribution in [2.24, 2.45) is 0 Å². The second-order valence-corrected chi connectivity index (χ2v) is 5.33. The summed E-state index contributed by atoms with van der Waals surface area (Å²) in [6, 6.07) is 9.13. The molecule has 6 heteroatoms. The number of amides is 2. The molecule has 23 heavy (non-hydrogen) atoms. The van der Waals surface area contributed by atoms with Crippen LogP contribution in [-0.2, 0) is 6.42 Å². The summed E-state index contributed by atoms with van der Waals surface area (Å²) < 4.78 is 26.2. The van der Waals surface area contributed by atoms with Gasteiger partial charge in [0.15, 0.2) is 0 Å². The van der Waals surface area contributed by atoms with E-state index in [2.05, 4.69) is 10.6 Å². The Morgan fingerprint density at radius 3 is 2.52 bits per heavy atom. The molecule has 2 aromatic carbocycles. The van der Waals surface area contributed by atoms with Gasteiger partial charge in [0.25, 0.3) is 0 Å². The number of nitrogens with one attached hydrogen (secondary N) is 2. The zero-order valence-electron chi connectivity index (χ0n) is 12.6. The van der Waals surface area contributed by atoms with Crippen molar-refractivity contribution in [3.63, 3.8) is 0 Å². The second kappa shape index (κ2) is 7.58. The third kappa shape index (κ3) is 5.25. The molecule has 2 amide bonds. The van der Waals surface area contributed by atoms with Gasteiger partial charge in [-0.1, -0.05) is 12.1 Å². The normalized spacial score (nSPS) is 11.8. The number of phenolic OH excluding ortho intramolecular Hbond substituents is 1. The molecule has 0 aliphatic heterocycles. The van der Waals surface area contributed by atoms with Gasteiger partial charge in [-0.15, -0.1) is 0 Å². The Morgan fingerprint density at radius 1 is 1.17 bits per heavy atom. The molecule has 1 atom stereocenters. The van der Waals surface area contributed by atoms with Gasteiger partial charge >= 0.3 is 6.03 Å². The van der Waals surface area contributed by atoms with Crippen LogP contribution in [0.2, 0.25) is 0 Å². The van der Waals surface area contributed by atoms with E-state index in [1.165, 1.54) is 6.07 Å². The number of hydrogen-bond acceptors (Lipinski definition) is 2. The number of aromatic hydroxyl groups is 1. The molecule has 2 aromatic rings. The summed E-state index contributed by atoms with van der Waals surface area (Å²) in [5.74, 6) is -1.31. The van der Waals surface area contributed by atoms with Crippen LogP contribution in [-0.4, -0.2) is 17.2 Å². The molecule has 0 radical (unpaired) electrons. The van der Waals surface area contributed by atoms with Gasteiger partial charge in [-0.25, -0.2) is 13.6 Å². The van der Waals surface area contributed by atoms with E-state index in [4.69, 9.17) is 0 Å². The van der Waals surface area contributed by atoms with Crippen molar-refractivity contribution in [1.29, 1.82) is 0 Å². The summed E-state index contributed by atoms with van der Waals surface area (Å²) >= 11 is 0. The van der Waals surface area contributed by atoms with Gasteiger partial charge in [0.05, 0.1) is 5.69 Å². The minimum Gasteiger partial charge on any atom is -0.508 e. The number of carbonyl (C=O) groups is 1. The highest BCUT2D eigenvalue weighted by Gasteiger charge is 2.10. The third-order valence-corrected chi connectivity index (χ3v) is 3.36. The lowest BCUT2D eigenvalue weighted by Crippen LogP contribution is -2.36. The fourth-order valence-corrected chi connectivity index (χ4v) is 2.09. The number of aryl methyl sites for hydroxylation is 1. The summed E-state index contributed by atoms with van der Waals surface area (Å²) in [6.45, 7) is 1.83. The highest BCUT2D eigenvalue weighted by Crippen LogP contribution is 2.15. The van der Waals surface area contributed by atoms with Gasteiger partial charge in [-0.05, 0) is 49.6 Å². The van der Waals surface area contributed by atoms with Crippen LogP contribution in [0, 0.1) is 11.6 Å². The van der Waals surface area contributed by atoms with E-state index >= 15 is 0 Å². The standard InChI is InChI=1S/C17H18F2N2O2/c1-11(2-3-12-4-7-14(22)8-5-12)20-17(23)21-16-9-6-13(18)10-15(16)19/h4-11,22H,2-3H2,1H3,(H2,20,21,23). The number of halogens is 2. The molecule has 0 heterocycles. The van der Waals surface area contributed by atoms with Crippen LogP contribution in [0.5, 0.6) is 5.75 Å². The average Bonchev–Trinajstić information content (AvgIpc) is 2.49. The van der Waals surface area contributed by atoms with E-state index < -0.39 is 17.7 Å². The maximum absolute atomic E-state index is 13.4. The van der Waals surface area contributed by atoms with Crippen molar-refractivity contribution in [3.05, 3.63) is 59.7 Å². The molecule has 3 N–H and O–H groups in total. The van der Waals surface area contributed by atoms with Gasteiger partial charge < -0.3 is 15.7 Å². The van der Waals surface area contributed by atoms with Crippen LogP contribution in [0.4, 0.5) is 19.3 Å². The van der Waals surface area contributed by atoms with Crippen LogP contribution in [0.3, 0.4) is 0 Å². The smallest absolute Gasteiger partial charge is 0.319 e. The SMILES string of the molecule is CC(CCc1ccc(O)cc1)NC(=O)Nc1ccc(F)cc1F. The van der Waals surface area contributed by atoms with Crippen LogP contribution in [0.25, 0.3) is 0 Å². The number of phenols is 1. The molecule has 0 saturated carbocycles. The van der Waals surface area contributed by atoms with Crippen molar-refractivity contribution >= 4 is 11.7 Å². The van der Waals surface area contributed by atoms with Crippen molar-refractivity contribution in [2.75, 3.05) is 5.32 Å². The van der Waals surface area contributed by atoms with Crippen molar-refractivity contribution in [1.82, 2.24) is 5.32 Å². The van der Waals surface area contributed by atoms with E-state index in [1.54, 1.807) is 12.1 Å². The average molecular weight is 320 g/mol.